The highest BCUT2D eigenvalue weighted by Gasteiger charge is 2.17. The molecule has 2 rings (SSSR count). The lowest BCUT2D eigenvalue weighted by Gasteiger charge is -2.10. The summed E-state index contributed by atoms with van der Waals surface area (Å²) < 4.78 is 5.40. The van der Waals surface area contributed by atoms with Gasteiger partial charge in [0.1, 0.15) is 0 Å². The number of anilines is 2. The monoisotopic (exact) mass is 192 g/mol. The van der Waals surface area contributed by atoms with Gasteiger partial charge in [-0.25, -0.2) is 0 Å². The fraction of sp³-hybridized carbons (Fsp3) is 0.455. The molecule has 1 aromatic rings. The van der Waals surface area contributed by atoms with Gasteiger partial charge >= 0.3 is 0 Å². The van der Waals surface area contributed by atoms with Gasteiger partial charge in [0.25, 0.3) is 0 Å². The molecule has 0 atom stereocenters. The summed E-state index contributed by atoms with van der Waals surface area (Å²) in [6.45, 7) is 4.49. The Morgan fingerprint density at radius 2 is 2.14 bits per heavy atom. The van der Waals surface area contributed by atoms with E-state index < -0.39 is 0 Å². The first-order chi connectivity index (χ1) is 6.83. The Morgan fingerprint density at radius 3 is 2.93 bits per heavy atom. The molecule has 3 heteroatoms. The molecule has 0 amide bonds. The first-order valence-electron chi connectivity index (χ1n) is 5.04. The average Bonchev–Trinajstić information content (AvgIpc) is 2.66. The van der Waals surface area contributed by atoms with Gasteiger partial charge in [-0.2, -0.15) is 0 Å². The summed E-state index contributed by atoms with van der Waals surface area (Å²) in [5.41, 5.74) is 10.3. The molecule has 0 spiro atoms. The Balaban J connectivity index is 2.29. The Morgan fingerprint density at radius 1 is 1.36 bits per heavy atom. The maximum absolute atomic E-state index is 5.86. The topological polar surface area (TPSA) is 47.3 Å². The summed E-state index contributed by atoms with van der Waals surface area (Å²) in [4.78, 5) is 0. The van der Waals surface area contributed by atoms with Crippen LogP contribution in [0.5, 0.6) is 0 Å². The number of hydrogen-bond acceptors (Lipinski definition) is 3. The second kappa shape index (κ2) is 3.88. The van der Waals surface area contributed by atoms with Gasteiger partial charge in [-0.1, -0.05) is 6.92 Å². The van der Waals surface area contributed by atoms with Crippen molar-refractivity contribution >= 4 is 11.4 Å². The molecular formula is C11H16N2O. The molecule has 1 heterocycles. The first-order valence-corrected chi connectivity index (χ1v) is 5.04. The number of ether oxygens (including phenoxy) is 1. The van der Waals surface area contributed by atoms with E-state index in [0.717, 1.165) is 24.2 Å². The maximum Gasteiger partial charge on any atom is 0.0745 e. The molecule has 0 saturated heterocycles. The van der Waals surface area contributed by atoms with E-state index in [4.69, 9.17) is 10.5 Å². The SMILES string of the molecule is CCCNc1ccc(N)c2c1COC2. The Labute approximate surface area is 84.3 Å². The van der Waals surface area contributed by atoms with E-state index in [1.165, 1.54) is 11.3 Å². The van der Waals surface area contributed by atoms with Crippen LogP contribution in [0.3, 0.4) is 0 Å². The van der Waals surface area contributed by atoms with Gasteiger partial charge in [-0.15, -0.1) is 0 Å². The fourth-order valence-electron chi connectivity index (χ4n) is 1.73. The van der Waals surface area contributed by atoms with Crippen LogP contribution in [0, 0.1) is 0 Å². The number of benzene rings is 1. The summed E-state index contributed by atoms with van der Waals surface area (Å²) in [5, 5.41) is 3.39. The fourth-order valence-corrected chi connectivity index (χ4v) is 1.73. The van der Waals surface area contributed by atoms with Gasteiger partial charge < -0.3 is 15.8 Å². The minimum atomic E-state index is 0.656. The summed E-state index contributed by atoms with van der Waals surface area (Å²) in [6.07, 6.45) is 1.13. The maximum atomic E-state index is 5.86. The highest BCUT2D eigenvalue weighted by atomic mass is 16.5. The van der Waals surface area contributed by atoms with E-state index in [1.54, 1.807) is 0 Å². The number of nitrogens with one attached hydrogen (secondary N) is 1. The van der Waals surface area contributed by atoms with Gasteiger partial charge in [0, 0.05) is 29.0 Å². The molecule has 76 valence electrons. The minimum absolute atomic E-state index is 0.656. The molecule has 1 aromatic carbocycles. The molecule has 0 aliphatic carbocycles. The number of hydrogen-bond donors (Lipinski definition) is 2. The van der Waals surface area contributed by atoms with Crippen molar-refractivity contribution in [3.8, 4) is 0 Å². The summed E-state index contributed by atoms with van der Waals surface area (Å²) in [6, 6.07) is 3.99. The third kappa shape index (κ3) is 1.55. The molecule has 0 radical (unpaired) electrons. The summed E-state index contributed by atoms with van der Waals surface area (Å²) >= 11 is 0. The zero-order valence-electron chi connectivity index (χ0n) is 8.47. The molecule has 3 N–H and O–H groups in total. The normalized spacial score (nSPS) is 14.1. The largest absolute Gasteiger partial charge is 0.398 e. The molecule has 0 aromatic heterocycles. The van der Waals surface area contributed by atoms with E-state index in [9.17, 15) is 0 Å². The molecule has 3 nitrogen and oxygen atoms in total. The number of rotatable bonds is 3. The zero-order chi connectivity index (χ0) is 9.97. The Hall–Kier alpha value is -1.22. The quantitative estimate of drug-likeness (QED) is 0.721. The third-order valence-electron chi connectivity index (χ3n) is 2.53. The smallest absolute Gasteiger partial charge is 0.0745 e. The summed E-state index contributed by atoms with van der Waals surface area (Å²) in [7, 11) is 0. The van der Waals surface area contributed by atoms with Crippen LogP contribution >= 0.6 is 0 Å². The molecule has 0 fully saturated rings. The van der Waals surface area contributed by atoms with Crippen molar-refractivity contribution in [1.29, 1.82) is 0 Å². The molecule has 1 aliphatic heterocycles. The van der Waals surface area contributed by atoms with Crippen LogP contribution in [0.1, 0.15) is 24.5 Å². The highest BCUT2D eigenvalue weighted by Crippen LogP contribution is 2.31. The van der Waals surface area contributed by atoms with E-state index in [-0.39, 0.29) is 0 Å². The zero-order valence-corrected chi connectivity index (χ0v) is 8.47. The predicted octanol–water partition coefficient (Wildman–Crippen LogP) is 2.12. The van der Waals surface area contributed by atoms with Crippen LogP contribution < -0.4 is 11.1 Å². The first kappa shape index (κ1) is 9.34. The average molecular weight is 192 g/mol. The molecule has 0 unspecified atom stereocenters. The Kier molecular flexibility index (Phi) is 2.59. The molecule has 1 aliphatic rings. The molecule has 0 saturated carbocycles. The van der Waals surface area contributed by atoms with Crippen molar-refractivity contribution < 1.29 is 4.74 Å². The van der Waals surface area contributed by atoms with Crippen molar-refractivity contribution in [2.45, 2.75) is 26.6 Å². The van der Waals surface area contributed by atoms with Crippen molar-refractivity contribution in [3.05, 3.63) is 23.3 Å². The van der Waals surface area contributed by atoms with E-state index in [2.05, 4.69) is 12.2 Å². The highest BCUT2D eigenvalue weighted by molar-refractivity contribution is 5.64. The van der Waals surface area contributed by atoms with Crippen LogP contribution in [0.2, 0.25) is 0 Å². The van der Waals surface area contributed by atoms with Crippen LogP contribution in [-0.2, 0) is 18.0 Å². The number of nitrogens with two attached hydrogens (primary N) is 1. The molecule has 14 heavy (non-hydrogen) atoms. The lowest BCUT2D eigenvalue weighted by Crippen LogP contribution is -2.04. The van der Waals surface area contributed by atoms with E-state index in [0.29, 0.717) is 13.2 Å². The molecular weight excluding hydrogens is 176 g/mol. The second-order valence-corrected chi connectivity index (χ2v) is 3.58. The summed E-state index contributed by atoms with van der Waals surface area (Å²) in [5.74, 6) is 0. The van der Waals surface area contributed by atoms with Gasteiger partial charge in [0.15, 0.2) is 0 Å². The second-order valence-electron chi connectivity index (χ2n) is 3.58. The number of nitrogen functional groups attached to an aromatic ring is 1. The van der Waals surface area contributed by atoms with Crippen molar-refractivity contribution in [3.63, 3.8) is 0 Å². The predicted molar refractivity (Wildman–Crippen MR) is 58.1 cm³/mol. The Bertz CT molecular complexity index is 336. The van der Waals surface area contributed by atoms with Crippen molar-refractivity contribution in [1.82, 2.24) is 0 Å². The van der Waals surface area contributed by atoms with Crippen LogP contribution in [-0.4, -0.2) is 6.54 Å². The molecule has 0 bridgehead atoms. The van der Waals surface area contributed by atoms with Crippen LogP contribution in [0.4, 0.5) is 11.4 Å². The number of fused-ring (bicyclic) bond motifs is 1. The standard InChI is InChI=1S/C11H16N2O/c1-2-5-13-11-4-3-10(12)8-6-14-7-9(8)11/h3-4,13H,2,5-7,12H2,1H3. The third-order valence-corrected chi connectivity index (χ3v) is 2.53. The lowest BCUT2D eigenvalue weighted by molar-refractivity contribution is 0.135. The van der Waals surface area contributed by atoms with Crippen molar-refractivity contribution in [2.24, 2.45) is 0 Å². The van der Waals surface area contributed by atoms with Gasteiger partial charge in [-0.3, -0.25) is 0 Å². The lowest BCUT2D eigenvalue weighted by atomic mass is 10.1. The van der Waals surface area contributed by atoms with Gasteiger partial charge in [-0.05, 0) is 18.6 Å². The van der Waals surface area contributed by atoms with E-state index in [1.807, 2.05) is 12.1 Å². The minimum Gasteiger partial charge on any atom is -0.398 e. The van der Waals surface area contributed by atoms with Crippen LogP contribution in [0.15, 0.2) is 12.1 Å². The van der Waals surface area contributed by atoms with Gasteiger partial charge in [0.2, 0.25) is 0 Å². The van der Waals surface area contributed by atoms with Crippen molar-refractivity contribution in [2.75, 3.05) is 17.6 Å². The van der Waals surface area contributed by atoms with Crippen LogP contribution in [0.25, 0.3) is 0 Å². The van der Waals surface area contributed by atoms with Gasteiger partial charge in [0.05, 0.1) is 13.2 Å². The van der Waals surface area contributed by atoms with E-state index >= 15 is 0 Å².